The van der Waals surface area contributed by atoms with Crippen LogP contribution in [0.15, 0.2) is 22.7 Å². The highest BCUT2D eigenvalue weighted by Crippen LogP contribution is 2.28. The first-order valence-corrected chi connectivity index (χ1v) is 7.30. The SMILES string of the molecule is CN(Cc1c(N)cccc1Br)C1CCCCC1O. The number of likely N-dealkylation sites (N-methyl/N-ethyl adjacent to an activating group) is 1. The van der Waals surface area contributed by atoms with Crippen molar-refractivity contribution in [3.05, 3.63) is 28.2 Å². The van der Waals surface area contributed by atoms with Crippen molar-refractivity contribution >= 4 is 21.6 Å². The van der Waals surface area contributed by atoms with E-state index in [4.69, 9.17) is 5.73 Å². The Hall–Kier alpha value is -0.580. The van der Waals surface area contributed by atoms with Crippen LogP contribution >= 0.6 is 15.9 Å². The zero-order valence-electron chi connectivity index (χ0n) is 10.8. The summed E-state index contributed by atoms with van der Waals surface area (Å²) in [5.74, 6) is 0. The maximum atomic E-state index is 10.1. The number of benzene rings is 1. The van der Waals surface area contributed by atoms with E-state index in [1.54, 1.807) is 0 Å². The number of rotatable bonds is 3. The summed E-state index contributed by atoms with van der Waals surface area (Å²) in [6.07, 6.45) is 4.13. The van der Waals surface area contributed by atoms with Gasteiger partial charge in [-0.3, -0.25) is 4.90 Å². The molecule has 100 valence electrons. The molecule has 18 heavy (non-hydrogen) atoms. The summed E-state index contributed by atoms with van der Waals surface area (Å²) in [7, 11) is 2.07. The Morgan fingerprint density at radius 1 is 1.39 bits per heavy atom. The molecule has 0 aliphatic heterocycles. The second-order valence-electron chi connectivity index (χ2n) is 5.14. The van der Waals surface area contributed by atoms with Crippen molar-refractivity contribution in [1.29, 1.82) is 0 Å². The molecule has 4 heteroatoms. The van der Waals surface area contributed by atoms with Crippen molar-refractivity contribution in [2.24, 2.45) is 0 Å². The van der Waals surface area contributed by atoms with Gasteiger partial charge in [0.2, 0.25) is 0 Å². The van der Waals surface area contributed by atoms with Crippen molar-refractivity contribution in [1.82, 2.24) is 4.90 Å². The van der Waals surface area contributed by atoms with Crippen LogP contribution in [0.5, 0.6) is 0 Å². The fourth-order valence-electron chi connectivity index (χ4n) is 2.71. The van der Waals surface area contributed by atoms with Crippen molar-refractivity contribution < 1.29 is 5.11 Å². The van der Waals surface area contributed by atoms with Crippen LogP contribution in [0.2, 0.25) is 0 Å². The second kappa shape index (κ2) is 6.04. The molecule has 1 aromatic carbocycles. The van der Waals surface area contributed by atoms with E-state index in [-0.39, 0.29) is 12.1 Å². The van der Waals surface area contributed by atoms with Gasteiger partial charge in [-0.15, -0.1) is 0 Å². The molecule has 1 aromatic rings. The lowest BCUT2D eigenvalue weighted by Gasteiger charge is -2.35. The number of hydrogen-bond acceptors (Lipinski definition) is 3. The zero-order valence-corrected chi connectivity index (χ0v) is 12.4. The number of aliphatic hydroxyl groups is 1. The van der Waals surface area contributed by atoms with E-state index in [1.165, 1.54) is 6.42 Å². The molecule has 3 nitrogen and oxygen atoms in total. The quantitative estimate of drug-likeness (QED) is 0.844. The van der Waals surface area contributed by atoms with E-state index in [1.807, 2.05) is 18.2 Å². The van der Waals surface area contributed by atoms with Crippen molar-refractivity contribution in [3.8, 4) is 0 Å². The molecule has 2 atom stereocenters. The average molecular weight is 313 g/mol. The summed E-state index contributed by atoms with van der Waals surface area (Å²) in [5.41, 5.74) is 7.93. The number of nitrogens with two attached hydrogens (primary N) is 1. The molecule has 1 fully saturated rings. The number of aliphatic hydroxyl groups excluding tert-OH is 1. The number of nitrogens with zero attached hydrogens (tertiary/aromatic N) is 1. The molecule has 0 saturated heterocycles. The van der Waals surface area contributed by atoms with Crippen molar-refractivity contribution in [2.75, 3.05) is 12.8 Å². The fraction of sp³-hybridized carbons (Fsp3) is 0.571. The third kappa shape index (κ3) is 3.05. The molecule has 0 bridgehead atoms. The summed E-state index contributed by atoms with van der Waals surface area (Å²) in [6, 6.07) is 6.13. The lowest BCUT2D eigenvalue weighted by atomic mass is 9.91. The normalized spacial score (nSPS) is 24.4. The predicted molar refractivity (Wildman–Crippen MR) is 78.3 cm³/mol. The first kappa shape index (κ1) is 13.8. The molecule has 1 saturated carbocycles. The van der Waals surface area contributed by atoms with Crippen molar-refractivity contribution in [2.45, 2.75) is 44.4 Å². The number of nitrogen functional groups attached to an aromatic ring is 1. The fourth-order valence-corrected chi connectivity index (χ4v) is 3.22. The summed E-state index contributed by atoms with van der Waals surface area (Å²) in [5, 5.41) is 10.1. The van der Waals surface area contributed by atoms with Gasteiger partial charge >= 0.3 is 0 Å². The van der Waals surface area contributed by atoms with Gasteiger partial charge in [0, 0.05) is 28.3 Å². The maximum Gasteiger partial charge on any atom is 0.0695 e. The van der Waals surface area contributed by atoms with E-state index in [0.717, 1.165) is 41.5 Å². The molecular formula is C14H21BrN2O. The minimum absolute atomic E-state index is 0.201. The predicted octanol–water partition coefficient (Wildman–Crippen LogP) is 2.77. The molecule has 0 spiro atoms. The van der Waals surface area contributed by atoms with Crippen LogP contribution in [0, 0.1) is 0 Å². The van der Waals surface area contributed by atoms with Gasteiger partial charge in [0.1, 0.15) is 0 Å². The van der Waals surface area contributed by atoms with Crippen LogP contribution in [0.1, 0.15) is 31.2 Å². The molecule has 0 amide bonds. The van der Waals surface area contributed by atoms with Crippen LogP contribution < -0.4 is 5.73 Å². The Balaban J connectivity index is 2.08. The van der Waals surface area contributed by atoms with Crippen molar-refractivity contribution in [3.63, 3.8) is 0 Å². The van der Waals surface area contributed by atoms with E-state index in [2.05, 4.69) is 27.9 Å². The van der Waals surface area contributed by atoms with Gasteiger partial charge in [0.05, 0.1) is 6.10 Å². The summed E-state index contributed by atoms with van der Waals surface area (Å²) in [4.78, 5) is 2.22. The van der Waals surface area contributed by atoms with E-state index >= 15 is 0 Å². The highest BCUT2D eigenvalue weighted by atomic mass is 79.9. The minimum Gasteiger partial charge on any atom is -0.398 e. The van der Waals surface area contributed by atoms with Gasteiger partial charge in [0.25, 0.3) is 0 Å². The van der Waals surface area contributed by atoms with Gasteiger partial charge in [0.15, 0.2) is 0 Å². The number of halogens is 1. The standard InChI is InChI=1S/C14H21BrN2O/c1-17(13-7-2-3-8-14(13)18)9-10-11(15)5-4-6-12(10)16/h4-6,13-14,18H,2-3,7-9,16H2,1H3. The molecule has 0 heterocycles. The highest BCUT2D eigenvalue weighted by Gasteiger charge is 2.27. The van der Waals surface area contributed by atoms with E-state index in [9.17, 15) is 5.11 Å². The first-order valence-electron chi connectivity index (χ1n) is 6.50. The summed E-state index contributed by atoms with van der Waals surface area (Å²) >= 11 is 3.55. The lowest BCUT2D eigenvalue weighted by molar-refractivity contribution is 0.0288. The minimum atomic E-state index is -0.201. The molecule has 0 radical (unpaired) electrons. The van der Waals surface area contributed by atoms with Crippen LogP contribution in [-0.4, -0.2) is 29.2 Å². The van der Waals surface area contributed by atoms with Gasteiger partial charge in [-0.1, -0.05) is 34.8 Å². The molecule has 3 N–H and O–H groups in total. The van der Waals surface area contributed by atoms with Gasteiger partial charge < -0.3 is 10.8 Å². The molecule has 2 rings (SSSR count). The monoisotopic (exact) mass is 312 g/mol. The summed E-state index contributed by atoms with van der Waals surface area (Å²) in [6.45, 7) is 0.773. The van der Waals surface area contributed by atoms with Gasteiger partial charge in [-0.25, -0.2) is 0 Å². The molecular weight excluding hydrogens is 292 g/mol. The van der Waals surface area contributed by atoms with E-state index < -0.39 is 0 Å². The third-order valence-corrected chi connectivity index (χ3v) is 4.57. The molecule has 1 aliphatic carbocycles. The Morgan fingerprint density at radius 3 is 2.78 bits per heavy atom. The molecule has 2 unspecified atom stereocenters. The highest BCUT2D eigenvalue weighted by molar-refractivity contribution is 9.10. The third-order valence-electron chi connectivity index (χ3n) is 3.82. The lowest BCUT2D eigenvalue weighted by Crippen LogP contribution is -2.43. The first-order chi connectivity index (χ1) is 8.59. The van der Waals surface area contributed by atoms with Crippen LogP contribution in [-0.2, 0) is 6.54 Å². The van der Waals surface area contributed by atoms with E-state index in [0.29, 0.717) is 0 Å². The number of anilines is 1. The summed E-state index contributed by atoms with van der Waals surface area (Å²) < 4.78 is 1.04. The topological polar surface area (TPSA) is 49.5 Å². The molecule has 0 aromatic heterocycles. The second-order valence-corrected chi connectivity index (χ2v) is 6.00. The Morgan fingerprint density at radius 2 is 2.11 bits per heavy atom. The zero-order chi connectivity index (χ0) is 13.1. The largest absolute Gasteiger partial charge is 0.398 e. The Bertz CT molecular complexity index is 391. The Labute approximate surface area is 117 Å². The van der Waals surface area contributed by atoms with Crippen LogP contribution in [0.25, 0.3) is 0 Å². The maximum absolute atomic E-state index is 10.1. The van der Waals surface area contributed by atoms with Crippen LogP contribution in [0.3, 0.4) is 0 Å². The van der Waals surface area contributed by atoms with Gasteiger partial charge in [-0.2, -0.15) is 0 Å². The average Bonchev–Trinajstić information content (AvgIpc) is 2.34. The van der Waals surface area contributed by atoms with Gasteiger partial charge in [-0.05, 0) is 32.0 Å². The number of hydrogen-bond donors (Lipinski definition) is 2. The molecule has 1 aliphatic rings. The van der Waals surface area contributed by atoms with Crippen LogP contribution in [0.4, 0.5) is 5.69 Å². The Kier molecular flexibility index (Phi) is 4.65. The smallest absolute Gasteiger partial charge is 0.0695 e.